The van der Waals surface area contributed by atoms with Crippen molar-refractivity contribution in [2.75, 3.05) is 5.73 Å². The van der Waals surface area contributed by atoms with Gasteiger partial charge in [-0.25, -0.2) is 29.4 Å². The molecule has 0 aromatic carbocycles. The standard InChI is InChI=1S/C18H14F3N7O2/c19-18(20,21)14-4-10(3-13(26-14)9-1-2-9)15-25-8-28(27-15)7-12(16(29)30)11-5-23-17(22)24-6-11/h3-9H,1-2H2,(H,29,30)(H2,22,23,24)/b12-7+. The second-order valence-electron chi connectivity index (χ2n) is 6.66. The molecule has 4 rings (SSSR count). The molecule has 3 aromatic heterocycles. The predicted octanol–water partition coefficient (Wildman–Crippen LogP) is 2.69. The maximum Gasteiger partial charge on any atom is 0.433 e. The third-order valence-corrected chi connectivity index (χ3v) is 4.37. The average molecular weight is 417 g/mol. The molecule has 0 saturated heterocycles. The van der Waals surface area contributed by atoms with E-state index in [1.54, 1.807) is 0 Å². The van der Waals surface area contributed by atoms with Gasteiger partial charge in [0.25, 0.3) is 0 Å². The molecule has 3 N–H and O–H groups in total. The number of carbonyl (C=O) groups is 1. The number of carboxylic acids is 1. The number of rotatable bonds is 5. The largest absolute Gasteiger partial charge is 0.478 e. The number of hydrogen-bond donors (Lipinski definition) is 2. The Hall–Kier alpha value is -3.83. The zero-order valence-electron chi connectivity index (χ0n) is 15.2. The van der Waals surface area contributed by atoms with Gasteiger partial charge in [0.15, 0.2) is 5.82 Å². The monoisotopic (exact) mass is 417 g/mol. The van der Waals surface area contributed by atoms with Gasteiger partial charge in [0.05, 0.1) is 5.57 Å². The summed E-state index contributed by atoms with van der Waals surface area (Å²) in [7, 11) is 0. The Morgan fingerprint density at radius 3 is 2.50 bits per heavy atom. The molecule has 1 saturated carbocycles. The number of nitrogens with two attached hydrogens (primary N) is 1. The number of nitrogens with zero attached hydrogens (tertiary/aromatic N) is 6. The smallest absolute Gasteiger partial charge is 0.433 e. The van der Waals surface area contributed by atoms with Crippen molar-refractivity contribution in [3.05, 3.63) is 47.8 Å². The molecule has 0 aliphatic heterocycles. The van der Waals surface area contributed by atoms with Crippen LogP contribution in [0.2, 0.25) is 0 Å². The van der Waals surface area contributed by atoms with Crippen LogP contribution in [0.5, 0.6) is 0 Å². The van der Waals surface area contributed by atoms with Gasteiger partial charge in [0, 0.05) is 41.3 Å². The van der Waals surface area contributed by atoms with Crippen LogP contribution in [-0.4, -0.2) is 40.8 Å². The van der Waals surface area contributed by atoms with Crippen molar-refractivity contribution in [3.63, 3.8) is 0 Å². The van der Waals surface area contributed by atoms with Crippen molar-refractivity contribution in [2.24, 2.45) is 0 Å². The van der Waals surface area contributed by atoms with Crippen LogP contribution in [0.3, 0.4) is 0 Å². The van der Waals surface area contributed by atoms with Crippen molar-refractivity contribution in [2.45, 2.75) is 24.9 Å². The fourth-order valence-corrected chi connectivity index (χ4v) is 2.75. The molecule has 3 aromatic rings. The Labute approximate surface area is 167 Å². The van der Waals surface area contributed by atoms with Crippen molar-refractivity contribution in [1.29, 1.82) is 0 Å². The van der Waals surface area contributed by atoms with E-state index in [-0.39, 0.29) is 34.4 Å². The van der Waals surface area contributed by atoms with E-state index in [1.807, 2.05) is 0 Å². The molecule has 154 valence electrons. The minimum Gasteiger partial charge on any atom is -0.478 e. The van der Waals surface area contributed by atoms with Gasteiger partial charge in [-0.1, -0.05) is 0 Å². The van der Waals surface area contributed by atoms with Crippen LogP contribution in [-0.2, 0) is 11.0 Å². The van der Waals surface area contributed by atoms with Crippen molar-refractivity contribution >= 4 is 23.7 Å². The van der Waals surface area contributed by atoms with Crippen LogP contribution in [0.25, 0.3) is 23.2 Å². The van der Waals surface area contributed by atoms with Gasteiger partial charge in [-0.15, -0.1) is 5.10 Å². The minimum absolute atomic E-state index is 0.00263. The highest BCUT2D eigenvalue weighted by atomic mass is 19.4. The highest BCUT2D eigenvalue weighted by Gasteiger charge is 2.35. The molecule has 1 fully saturated rings. The van der Waals surface area contributed by atoms with Gasteiger partial charge < -0.3 is 10.8 Å². The number of aliphatic carboxylic acids is 1. The Morgan fingerprint density at radius 1 is 1.20 bits per heavy atom. The van der Waals surface area contributed by atoms with Gasteiger partial charge in [0.2, 0.25) is 5.95 Å². The molecular formula is C18H14F3N7O2. The highest BCUT2D eigenvalue weighted by Crippen LogP contribution is 2.41. The summed E-state index contributed by atoms with van der Waals surface area (Å²) < 4.78 is 40.8. The summed E-state index contributed by atoms with van der Waals surface area (Å²) in [6.07, 6.45) is 1.78. The first kappa shape index (κ1) is 19.5. The first-order valence-electron chi connectivity index (χ1n) is 8.74. The quantitative estimate of drug-likeness (QED) is 0.606. The molecule has 0 unspecified atom stereocenters. The van der Waals surface area contributed by atoms with E-state index >= 15 is 0 Å². The number of aromatic nitrogens is 6. The number of nitrogen functional groups attached to an aromatic ring is 1. The van der Waals surface area contributed by atoms with Crippen LogP contribution in [0, 0.1) is 0 Å². The number of hydrogen-bond acceptors (Lipinski definition) is 7. The van der Waals surface area contributed by atoms with E-state index in [0.717, 1.165) is 29.8 Å². The summed E-state index contributed by atoms with van der Waals surface area (Å²) in [6, 6.07) is 2.41. The summed E-state index contributed by atoms with van der Waals surface area (Å²) >= 11 is 0. The van der Waals surface area contributed by atoms with Gasteiger partial charge in [-0.3, -0.25) is 0 Å². The second-order valence-corrected chi connectivity index (χ2v) is 6.66. The molecule has 0 amide bonds. The molecule has 9 nitrogen and oxygen atoms in total. The molecule has 0 bridgehead atoms. The molecule has 12 heteroatoms. The maximum absolute atomic E-state index is 13.2. The molecule has 1 aliphatic carbocycles. The molecule has 30 heavy (non-hydrogen) atoms. The maximum atomic E-state index is 13.2. The number of halogens is 3. The number of alkyl halides is 3. The topological polar surface area (TPSA) is 133 Å². The van der Waals surface area contributed by atoms with Gasteiger partial charge in [-0.05, 0) is 25.0 Å². The highest BCUT2D eigenvalue weighted by molar-refractivity contribution is 6.19. The lowest BCUT2D eigenvalue weighted by Crippen LogP contribution is -2.10. The van der Waals surface area contributed by atoms with Crippen LogP contribution < -0.4 is 5.73 Å². The fraction of sp³-hybridized carbons (Fsp3) is 0.222. The molecular weight excluding hydrogens is 403 g/mol. The molecule has 3 heterocycles. The lowest BCUT2D eigenvalue weighted by atomic mass is 10.1. The summed E-state index contributed by atoms with van der Waals surface area (Å²) in [6.45, 7) is 0. The van der Waals surface area contributed by atoms with Crippen LogP contribution in [0.15, 0.2) is 30.9 Å². The molecule has 0 radical (unpaired) electrons. The molecule has 1 aliphatic rings. The Bertz CT molecular complexity index is 1140. The second kappa shape index (κ2) is 7.21. The van der Waals surface area contributed by atoms with Crippen LogP contribution in [0.4, 0.5) is 19.1 Å². The lowest BCUT2D eigenvalue weighted by Gasteiger charge is -2.09. The predicted molar refractivity (Wildman–Crippen MR) is 98.5 cm³/mol. The Kier molecular flexibility index (Phi) is 4.68. The van der Waals surface area contributed by atoms with Gasteiger partial charge >= 0.3 is 12.1 Å². The summed E-state index contributed by atoms with van der Waals surface area (Å²) in [5, 5.41) is 13.6. The van der Waals surface area contributed by atoms with Crippen LogP contribution in [0.1, 0.15) is 35.7 Å². The average Bonchev–Trinajstić information content (AvgIpc) is 3.44. The number of anilines is 1. The molecule has 0 spiro atoms. The third kappa shape index (κ3) is 4.11. The summed E-state index contributed by atoms with van der Waals surface area (Å²) in [5.74, 6) is -1.28. The van der Waals surface area contributed by atoms with Crippen molar-refractivity contribution in [3.8, 4) is 11.4 Å². The Morgan fingerprint density at radius 2 is 1.90 bits per heavy atom. The first-order chi connectivity index (χ1) is 14.2. The van der Waals surface area contributed by atoms with Gasteiger partial charge in [0.1, 0.15) is 12.0 Å². The van der Waals surface area contributed by atoms with E-state index in [9.17, 15) is 23.1 Å². The van der Waals surface area contributed by atoms with Crippen molar-refractivity contribution < 1.29 is 23.1 Å². The van der Waals surface area contributed by atoms with Gasteiger partial charge in [-0.2, -0.15) is 13.2 Å². The minimum atomic E-state index is -4.60. The zero-order valence-corrected chi connectivity index (χ0v) is 15.2. The summed E-state index contributed by atoms with van der Waals surface area (Å²) in [5.41, 5.74) is 4.86. The SMILES string of the molecule is Nc1ncc(/C(=C\n2cnc(-c3cc(C4CC4)nc(C(F)(F)F)c3)n2)C(=O)O)cn1. The van der Waals surface area contributed by atoms with Crippen LogP contribution >= 0.6 is 0 Å². The molecule has 0 atom stereocenters. The van der Waals surface area contributed by atoms with E-state index in [0.29, 0.717) is 5.69 Å². The summed E-state index contributed by atoms with van der Waals surface area (Å²) in [4.78, 5) is 26.8. The third-order valence-electron chi connectivity index (χ3n) is 4.37. The first-order valence-corrected chi connectivity index (χ1v) is 8.74. The van der Waals surface area contributed by atoms with E-state index in [2.05, 4.69) is 25.0 Å². The number of pyridine rings is 1. The van der Waals surface area contributed by atoms with E-state index in [1.165, 1.54) is 24.8 Å². The fourth-order valence-electron chi connectivity index (χ4n) is 2.75. The normalized spacial score (nSPS) is 14.7. The van der Waals surface area contributed by atoms with E-state index in [4.69, 9.17) is 5.73 Å². The number of carboxylic acid groups (broad SMARTS) is 1. The van der Waals surface area contributed by atoms with E-state index < -0.39 is 17.8 Å². The van der Waals surface area contributed by atoms with Crippen molar-refractivity contribution in [1.82, 2.24) is 29.7 Å². The zero-order chi connectivity index (χ0) is 21.5. The lowest BCUT2D eigenvalue weighted by molar-refractivity contribution is -0.141. The Balaban J connectivity index is 1.71.